The van der Waals surface area contributed by atoms with Crippen LogP contribution in [-0.2, 0) is 13.0 Å². The highest BCUT2D eigenvalue weighted by Crippen LogP contribution is 2.33. The fourth-order valence-corrected chi connectivity index (χ4v) is 2.23. The molecule has 0 aliphatic heterocycles. The van der Waals surface area contributed by atoms with Gasteiger partial charge in [-0.3, -0.25) is 0 Å². The third kappa shape index (κ3) is 6.22. The van der Waals surface area contributed by atoms with Gasteiger partial charge in [0.1, 0.15) is 0 Å². The summed E-state index contributed by atoms with van der Waals surface area (Å²) >= 11 is 0. The highest BCUT2D eigenvalue weighted by Gasteiger charge is 2.11. The van der Waals surface area contributed by atoms with E-state index in [0.29, 0.717) is 30.6 Å². The van der Waals surface area contributed by atoms with Crippen molar-refractivity contribution < 1.29 is 9.47 Å². The Morgan fingerprint density at radius 1 is 1.35 bits per heavy atom. The molecule has 1 rings (SSSR count). The minimum atomic E-state index is 0.464. The second kappa shape index (κ2) is 9.77. The quantitative estimate of drug-likeness (QED) is 0.417. The van der Waals surface area contributed by atoms with Crippen LogP contribution in [0.5, 0.6) is 11.5 Å². The molecule has 0 aliphatic carbocycles. The van der Waals surface area contributed by atoms with Crippen molar-refractivity contribution in [3.05, 3.63) is 35.9 Å². The molecular weight excluding hydrogens is 290 g/mol. The molecule has 1 aromatic rings. The SMILES string of the molecule is C=CCc1cc(CN=C(N)NCCC(C)C)cc(OC)c1OC. The molecule has 0 aliphatic rings. The molecule has 0 amide bonds. The van der Waals surface area contributed by atoms with Crippen molar-refractivity contribution in [3.8, 4) is 11.5 Å². The normalized spacial score (nSPS) is 11.4. The first-order chi connectivity index (χ1) is 11.0. The lowest BCUT2D eigenvalue weighted by molar-refractivity contribution is 0.352. The number of rotatable bonds is 9. The number of guanidine groups is 1. The Labute approximate surface area is 139 Å². The third-order valence-electron chi connectivity index (χ3n) is 3.44. The first-order valence-corrected chi connectivity index (χ1v) is 7.90. The van der Waals surface area contributed by atoms with Crippen LogP contribution in [0, 0.1) is 5.92 Å². The summed E-state index contributed by atoms with van der Waals surface area (Å²) in [5.74, 6) is 2.54. The van der Waals surface area contributed by atoms with Crippen LogP contribution < -0.4 is 20.5 Å². The van der Waals surface area contributed by atoms with E-state index in [1.165, 1.54) is 0 Å². The van der Waals surface area contributed by atoms with E-state index >= 15 is 0 Å². The molecule has 23 heavy (non-hydrogen) atoms. The lowest BCUT2D eigenvalue weighted by Gasteiger charge is -2.14. The summed E-state index contributed by atoms with van der Waals surface area (Å²) < 4.78 is 10.8. The number of hydrogen-bond donors (Lipinski definition) is 2. The Kier molecular flexibility index (Phi) is 8.02. The standard InChI is InChI=1S/C18H29N3O2/c1-6-7-15-10-14(11-16(22-4)17(15)23-5)12-21-18(19)20-9-8-13(2)3/h6,10-11,13H,1,7-9,12H2,2-5H3,(H3,19,20,21). The summed E-state index contributed by atoms with van der Waals surface area (Å²) in [7, 11) is 3.27. The number of hydrogen-bond acceptors (Lipinski definition) is 3. The number of allylic oxidation sites excluding steroid dienone is 1. The first-order valence-electron chi connectivity index (χ1n) is 7.90. The van der Waals surface area contributed by atoms with Gasteiger partial charge in [-0.1, -0.05) is 19.9 Å². The lowest BCUT2D eigenvalue weighted by atomic mass is 10.1. The smallest absolute Gasteiger partial charge is 0.188 e. The maximum atomic E-state index is 5.90. The summed E-state index contributed by atoms with van der Waals surface area (Å²) in [6, 6.07) is 3.98. The third-order valence-corrected chi connectivity index (χ3v) is 3.44. The van der Waals surface area contributed by atoms with E-state index in [0.717, 1.165) is 29.8 Å². The number of benzene rings is 1. The van der Waals surface area contributed by atoms with Gasteiger partial charge in [-0.2, -0.15) is 0 Å². The summed E-state index contributed by atoms with van der Waals surface area (Å²) in [5.41, 5.74) is 7.95. The van der Waals surface area contributed by atoms with E-state index < -0.39 is 0 Å². The van der Waals surface area contributed by atoms with Gasteiger partial charge in [0.05, 0.1) is 20.8 Å². The number of ether oxygens (including phenoxy) is 2. The number of methoxy groups -OCH3 is 2. The lowest BCUT2D eigenvalue weighted by Crippen LogP contribution is -2.32. The minimum absolute atomic E-state index is 0.464. The van der Waals surface area contributed by atoms with Crippen LogP contribution in [0.4, 0.5) is 0 Å². The zero-order chi connectivity index (χ0) is 17.2. The largest absolute Gasteiger partial charge is 0.493 e. The number of aliphatic imine (C=N–C) groups is 1. The van der Waals surface area contributed by atoms with Gasteiger partial charge in [0.25, 0.3) is 0 Å². The molecule has 0 atom stereocenters. The Bertz CT molecular complexity index is 539. The number of nitrogens with zero attached hydrogens (tertiary/aromatic N) is 1. The predicted octanol–water partition coefficient (Wildman–Crippen LogP) is 2.88. The molecule has 0 fully saturated rings. The van der Waals surface area contributed by atoms with Gasteiger partial charge in [-0.25, -0.2) is 4.99 Å². The van der Waals surface area contributed by atoms with Crippen molar-refractivity contribution in [1.29, 1.82) is 0 Å². The minimum Gasteiger partial charge on any atom is -0.493 e. The molecule has 128 valence electrons. The van der Waals surface area contributed by atoms with E-state index in [9.17, 15) is 0 Å². The molecule has 5 nitrogen and oxygen atoms in total. The molecular formula is C18H29N3O2. The fourth-order valence-electron chi connectivity index (χ4n) is 2.23. The average Bonchev–Trinajstić information content (AvgIpc) is 2.52. The molecule has 0 radical (unpaired) electrons. The van der Waals surface area contributed by atoms with Crippen LogP contribution in [0.15, 0.2) is 29.8 Å². The highest BCUT2D eigenvalue weighted by atomic mass is 16.5. The maximum Gasteiger partial charge on any atom is 0.188 e. The van der Waals surface area contributed by atoms with Crippen molar-refractivity contribution in [1.82, 2.24) is 5.32 Å². The number of nitrogens with one attached hydrogen (secondary N) is 1. The van der Waals surface area contributed by atoms with Gasteiger partial charge in [-0.15, -0.1) is 6.58 Å². The summed E-state index contributed by atoms with van der Waals surface area (Å²) in [5, 5.41) is 3.13. The Hall–Kier alpha value is -2.17. The van der Waals surface area contributed by atoms with Gasteiger partial charge in [-0.05, 0) is 36.5 Å². The van der Waals surface area contributed by atoms with E-state index in [2.05, 4.69) is 30.7 Å². The molecule has 0 saturated heterocycles. The first kappa shape index (κ1) is 18.9. The topological polar surface area (TPSA) is 68.9 Å². The summed E-state index contributed by atoms with van der Waals surface area (Å²) in [4.78, 5) is 4.38. The number of nitrogens with two attached hydrogens (primary N) is 1. The van der Waals surface area contributed by atoms with E-state index in [1.807, 2.05) is 18.2 Å². The van der Waals surface area contributed by atoms with Crippen LogP contribution in [0.25, 0.3) is 0 Å². The molecule has 0 bridgehead atoms. The van der Waals surface area contributed by atoms with Crippen LogP contribution >= 0.6 is 0 Å². The van der Waals surface area contributed by atoms with Crippen molar-refractivity contribution >= 4 is 5.96 Å². The van der Waals surface area contributed by atoms with Gasteiger partial charge < -0.3 is 20.5 Å². The van der Waals surface area contributed by atoms with Gasteiger partial charge >= 0.3 is 0 Å². The van der Waals surface area contributed by atoms with Gasteiger partial charge in [0.15, 0.2) is 17.5 Å². The molecule has 0 aromatic heterocycles. The van der Waals surface area contributed by atoms with Crippen LogP contribution in [-0.4, -0.2) is 26.7 Å². The van der Waals surface area contributed by atoms with Crippen molar-refractivity contribution in [3.63, 3.8) is 0 Å². The zero-order valence-corrected chi connectivity index (χ0v) is 14.7. The average molecular weight is 319 g/mol. The molecule has 0 heterocycles. The molecule has 0 spiro atoms. The van der Waals surface area contributed by atoms with E-state index in [-0.39, 0.29) is 0 Å². The van der Waals surface area contributed by atoms with Crippen molar-refractivity contribution in [2.45, 2.75) is 33.2 Å². The highest BCUT2D eigenvalue weighted by molar-refractivity contribution is 5.77. The van der Waals surface area contributed by atoms with Crippen molar-refractivity contribution in [2.24, 2.45) is 16.6 Å². The second-order valence-electron chi connectivity index (χ2n) is 5.79. The Morgan fingerprint density at radius 2 is 2.09 bits per heavy atom. The zero-order valence-electron chi connectivity index (χ0n) is 14.7. The van der Waals surface area contributed by atoms with Crippen molar-refractivity contribution in [2.75, 3.05) is 20.8 Å². The fraction of sp³-hybridized carbons (Fsp3) is 0.500. The van der Waals surface area contributed by atoms with Gasteiger partial charge in [0.2, 0.25) is 0 Å². The molecule has 0 unspecified atom stereocenters. The van der Waals surface area contributed by atoms with Crippen LogP contribution in [0.2, 0.25) is 0 Å². The second-order valence-corrected chi connectivity index (χ2v) is 5.79. The summed E-state index contributed by atoms with van der Waals surface area (Å²) in [6.07, 6.45) is 3.61. The van der Waals surface area contributed by atoms with Crippen LogP contribution in [0.1, 0.15) is 31.4 Å². The molecule has 3 N–H and O–H groups in total. The molecule has 5 heteroatoms. The van der Waals surface area contributed by atoms with E-state index in [1.54, 1.807) is 14.2 Å². The van der Waals surface area contributed by atoms with Gasteiger partial charge in [0, 0.05) is 12.1 Å². The molecule has 0 saturated carbocycles. The Balaban J connectivity index is 2.83. The monoisotopic (exact) mass is 319 g/mol. The maximum absolute atomic E-state index is 5.90. The van der Waals surface area contributed by atoms with E-state index in [4.69, 9.17) is 15.2 Å². The molecule has 1 aromatic carbocycles. The predicted molar refractivity (Wildman–Crippen MR) is 96.2 cm³/mol. The summed E-state index contributed by atoms with van der Waals surface area (Å²) in [6.45, 7) is 9.47. The Morgan fingerprint density at radius 3 is 2.65 bits per heavy atom. The van der Waals surface area contributed by atoms with Crippen LogP contribution in [0.3, 0.4) is 0 Å².